The minimum atomic E-state index is 1.17. The van der Waals surface area contributed by atoms with Crippen molar-refractivity contribution < 1.29 is 0 Å². The molecule has 0 amide bonds. The minimum Gasteiger partial charge on any atom is -0.0654 e. The van der Waals surface area contributed by atoms with Gasteiger partial charge in [0.2, 0.25) is 0 Å². The molecule has 2 aromatic carbocycles. The second-order valence-corrected chi connectivity index (χ2v) is 7.81. The summed E-state index contributed by atoms with van der Waals surface area (Å²) in [5, 5.41) is 0. The molecule has 0 spiro atoms. The Balaban J connectivity index is 2.39. The summed E-state index contributed by atoms with van der Waals surface area (Å²) in [6, 6.07) is 9.51. The highest BCUT2D eigenvalue weighted by Crippen LogP contribution is 2.24. The molecule has 0 bridgehead atoms. The van der Waals surface area contributed by atoms with E-state index in [-0.39, 0.29) is 0 Å². The molecular weight excluding hydrogens is 312 g/mol. The Labute approximate surface area is 161 Å². The van der Waals surface area contributed by atoms with Crippen LogP contribution in [-0.4, -0.2) is 0 Å². The van der Waals surface area contributed by atoms with E-state index in [1.165, 1.54) is 83.0 Å². The van der Waals surface area contributed by atoms with Crippen LogP contribution in [0.4, 0.5) is 0 Å². The number of rotatable bonds is 8. The van der Waals surface area contributed by atoms with E-state index in [1.807, 2.05) is 0 Å². The number of aryl methyl sites for hydroxylation is 6. The molecular formula is C26H36. The zero-order valence-electron chi connectivity index (χ0n) is 17.7. The zero-order valence-corrected chi connectivity index (χ0v) is 17.7. The molecule has 0 N–H and O–H groups in total. The van der Waals surface area contributed by atoms with Gasteiger partial charge in [-0.2, -0.15) is 0 Å². The summed E-state index contributed by atoms with van der Waals surface area (Å²) in [5.41, 5.74) is 11.3. The lowest BCUT2D eigenvalue weighted by atomic mass is 9.93. The minimum absolute atomic E-state index is 1.17. The fourth-order valence-corrected chi connectivity index (χ4v) is 3.45. The standard InChI is InChI=1S/C26H36/c1-7-9-11-23-15-19(3)21(5)17-25(23)13-14-26-18-22(6)20(4)16-24(26)12-10-8-2/h13-18H,7-12H2,1-6H3/b14-13+. The first-order chi connectivity index (χ1) is 12.5. The Morgan fingerprint density at radius 1 is 0.577 bits per heavy atom. The van der Waals surface area contributed by atoms with Crippen molar-refractivity contribution in [3.05, 3.63) is 68.8 Å². The van der Waals surface area contributed by atoms with Gasteiger partial charge in [0.25, 0.3) is 0 Å². The Bertz CT molecular complexity index is 697. The maximum atomic E-state index is 2.39. The molecule has 0 heterocycles. The Kier molecular flexibility index (Phi) is 7.69. The molecule has 0 saturated carbocycles. The van der Waals surface area contributed by atoms with E-state index in [1.54, 1.807) is 0 Å². The number of unbranched alkanes of at least 4 members (excludes halogenated alkanes) is 2. The third kappa shape index (κ3) is 5.34. The number of hydrogen-bond acceptors (Lipinski definition) is 0. The lowest BCUT2D eigenvalue weighted by Gasteiger charge is -2.12. The number of hydrogen-bond donors (Lipinski definition) is 0. The molecule has 0 aliphatic rings. The van der Waals surface area contributed by atoms with Gasteiger partial charge in [-0.1, -0.05) is 63.1 Å². The molecule has 0 radical (unpaired) electrons. The molecule has 0 atom stereocenters. The largest absolute Gasteiger partial charge is 0.0654 e. The third-order valence-electron chi connectivity index (χ3n) is 5.55. The second-order valence-electron chi connectivity index (χ2n) is 7.81. The summed E-state index contributed by atoms with van der Waals surface area (Å²) in [5.74, 6) is 0. The summed E-state index contributed by atoms with van der Waals surface area (Å²) in [4.78, 5) is 0. The van der Waals surface area contributed by atoms with E-state index < -0.39 is 0 Å². The quantitative estimate of drug-likeness (QED) is 0.427. The van der Waals surface area contributed by atoms with Crippen molar-refractivity contribution in [1.82, 2.24) is 0 Å². The average Bonchev–Trinajstić information content (AvgIpc) is 2.62. The highest BCUT2D eigenvalue weighted by molar-refractivity contribution is 5.73. The van der Waals surface area contributed by atoms with Crippen molar-refractivity contribution in [2.75, 3.05) is 0 Å². The van der Waals surface area contributed by atoms with E-state index in [0.717, 1.165) is 0 Å². The average molecular weight is 349 g/mol. The van der Waals surface area contributed by atoms with Gasteiger partial charge in [0.15, 0.2) is 0 Å². The smallest absolute Gasteiger partial charge is 0.0221 e. The van der Waals surface area contributed by atoms with E-state index in [9.17, 15) is 0 Å². The van der Waals surface area contributed by atoms with Crippen LogP contribution in [0.1, 0.15) is 84.0 Å². The summed E-state index contributed by atoms with van der Waals surface area (Å²) in [6.45, 7) is 13.4. The van der Waals surface area contributed by atoms with Crippen LogP contribution in [0.2, 0.25) is 0 Å². The van der Waals surface area contributed by atoms with E-state index >= 15 is 0 Å². The molecule has 0 aromatic heterocycles. The van der Waals surface area contributed by atoms with Crippen molar-refractivity contribution in [1.29, 1.82) is 0 Å². The molecule has 0 fully saturated rings. The lowest BCUT2D eigenvalue weighted by Crippen LogP contribution is -1.95. The van der Waals surface area contributed by atoms with Crippen LogP contribution in [0.5, 0.6) is 0 Å². The fraction of sp³-hybridized carbons (Fsp3) is 0.462. The first-order valence-electron chi connectivity index (χ1n) is 10.3. The maximum absolute atomic E-state index is 2.39. The molecule has 0 heteroatoms. The van der Waals surface area contributed by atoms with Gasteiger partial charge in [-0.3, -0.25) is 0 Å². The van der Waals surface area contributed by atoms with Crippen LogP contribution in [0.25, 0.3) is 12.2 Å². The van der Waals surface area contributed by atoms with E-state index in [4.69, 9.17) is 0 Å². The SMILES string of the molecule is CCCCc1cc(C)c(C)cc1/C=C/c1cc(C)c(C)cc1CCCC. The number of benzene rings is 2. The first kappa shape index (κ1) is 20.5. The Morgan fingerprint density at radius 3 is 1.27 bits per heavy atom. The molecule has 0 unspecified atom stereocenters. The predicted molar refractivity (Wildman–Crippen MR) is 118 cm³/mol. The van der Waals surface area contributed by atoms with Crippen LogP contribution in [0.15, 0.2) is 24.3 Å². The summed E-state index contributed by atoms with van der Waals surface area (Å²) in [6.07, 6.45) is 12.0. The van der Waals surface area contributed by atoms with E-state index in [2.05, 4.69) is 78.0 Å². The lowest BCUT2D eigenvalue weighted by molar-refractivity contribution is 0.792. The Morgan fingerprint density at radius 2 is 0.923 bits per heavy atom. The Hall–Kier alpha value is -1.82. The van der Waals surface area contributed by atoms with Crippen molar-refractivity contribution in [2.45, 2.75) is 80.1 Å². The van der Waals surface area contributed by atoms with Gasteiger partial charge < -0.3 is 0 Å². The summed E-state index contributed by atoms with van der Waals surface area (Å²) >= 11 is 0. The van der Waals surface area contributed by atoms with Crippen molar-refractivity contribution >= 4 is 12.2 Å². The van der Waals surface area contributed by atoms with Gasteiger partial charge >= 0.3 is 0 Å². The highest BCUT2D eigenvalue weighted by atomic mass is 14.1. The topological polar surface area (TPSA) is 0 Å². The van der Waals surface area contributed by atoms with E-state index in [0.29, 0.717) is 0 Å². The van der Waals surface area contributed by atoms with Crippen LogP contribution < -0.4 is 0 Å². The van der Waals surface area contributed by atoms with Gasteiger partial charge in [-0.15, -0.1) is 0 Å². The molecule has 26 heavy (non-hydrogen) atoms. The predicted octanol–water partition coefficient (Wildman–Crippen LogP) is 7.78. The van der Waals surface area contributed by atoms with Gasteiger partial charge in [-0.05, 0) is 97.9 Å². The van der Waals surface area contributed by atoms with Gasteiger partial charge in [0.05, 0.1) is 0 Å². The molecule has 0 aliphatic carbocycles. The third-order valence-corrected chi connectivity index (χ3v) is 5.55. The molecule has 2 aromatic rings. The van der Waals surface area contributed by atoms with Gasteiger partial charge in [-0.25, -0.2) is 0 Å². The molecule has 2 rings (SSSR count). The van der Waals surface area contributed by atoms with Gasteiger partial charge in [0.1, 0.15) is 0 Å². The van der Waals surface area contributed by atoms with Crippen molar-refractivity contribution in [3.63, 3.8) is 0 Å². The fourth-order valence-electron chi connectivity index (χ4n) is 3.45. The highest BCUT2D eigenvalue weighted by Gasteiger charge is 2.06. The zero-order chi connectivity index (χ0) is 19.1. The molecule has 140 valence electrons. The maximum Gasteiger partial charge on any atom is -0.0221 e. The normalized spacial score (nSPS) is 11.5. The van der Waals surface area contributed by atoms with Crippen molar-refractivity contribution in [3.8, 4) is 0 Å². The van der Waals surface area contributed by atoms with Crippen LogP contribution in [0, 0.1) is 27.7 Å². The summed E-state index contributed by atoms with van der Waals surface area (Å²) in [7, 11) is 0. The summed E-state index contributed by atoms with van der Waals surface area (Å²) < 4.78 is 0. The molecule has 0 aliphatic heterocycles. The van der Waals surface area contributed by atoms with Gasteiger partial charge in [0, 0.05) is 0 Å². The monoisotopic (exact) mass is 348 g/mol. The van der Waals surface area contributed by atoms with Crippen LogP contribution in [0.3, 0.4) is 0 Å². The van der Waals surface area contributed by atoms with Crippen LogP contribution in [-0.2, 0) is 12.8 Å². The second kappa shape index (κ2) is 9.76. The van der Waals surface area contributed by atoms with Crippen LogP contribution >= 0.6 is 0 Å². The first-order valence-corrected chi connectivity index (χ1v) is 10.3. The molecule has 0 saturated heterocycles. The molecule has 0 nitrogen and oxygen atoms in total. The van der Waals surface area contributed by atoms with Crippen molar-refractivity contribution in [2.24, 2.45) is 0 Å².